The van der Waals surface area contributed by atoms with Gasteiger partial charge in [0.1, 0.15) is 11.7 Å². The second kappa shape index (κ2) is 6.06. The summed E-state index contributed by atoms with van der Waals surface area (Å²) in [7, 11) is 1.79. The molecule has 3 saturated heterocycles. The summed E-state index contributed by atoms with van der Waals surface area (Å²) in [6.07, 6.45) is 5.89. The second-order valence-corrected chi connectivity index (χ2v) is 8.20. The zero-order valence-corrected chi connectivity index (χ0v) is 15.2. The number of rotatable bonds is 7. The molecule has 5 heteroatoms. The molecule has 7 atom stereocenters. The van der Waals surface area contributed by atoms with Crippen molar-refractivity contribution < 1.29 is 23.7 Å². The third-order valence-electron chi connectivity index (χ3n) is 6.14. The van der Waals surface area contributed by atoms with Crippen LogP contribution in [0.15, 0.2) is 11.6 Å². The van der Waals surface area contributed by atoms with E-state index in [1.165, 1.54) is 5.57 Å². The Morgan fingerprint density at radius 3 is 2.67 bits per heavy atom. The average Bonchev–Trinajstić information content (AvgIpc) is 3.42. The van der Waals surface area contributed by atoms with Gasteiger partial charge in [0.25, 0.3) is 0 Å². The molecule has 0 amide bonds. The summed E-state index contributed by atoms with van der Waals surface area (Å²) < 4.78 is 29.5. The van der Waals surface area contributed by atoms with E-state index in [9.17, 15) is 0 Å². The lowest BCUT2D eigenvalue weighted by molar-refractivity contribution is -0.140. The van der Waals surface area contributed by atoms with Crippen LogP contribution in [0.3, 0.4) is 0 Å². The zero-order valence-electron chi connectivity index (χ0n) is 15.2. The average molecular weight is 338 g/mol. The van der Waals surface area contributed by atoms with E-state index in [1.54, 1.807) is 7.11 Å². The fraction of sp³-hybridized carbons (Fsp3) is 0.895. The minimum Gasteiger partial charge on any atom is -0.378 e. The van der Waals surface area contributed by atoms with Crippen LogP contribution in [0.5, 0.6) is 0 Å². The topological polar surface area (TPSA) is 56.1 Å². The predicted octanol–water partition coefficient (Wildman–Crippen LogP) is 2.48. The van der Waals surface area contributed by atoms with Crippen LogP contribution >= 0.6 is 0 Å². The van der Waals surface area contributed by atoms with Gasteiger partial charge in [0.05, 0.1) is 49.7 Å². The largest absolute Gasteiger partial charge is 0.378 e. The molecule has 4 rings (SSSR count). The highest BCUT2D eigenvalue weighted by Crippen LogP contribution is 2.59. The van der Waals surface area contributed by atoms with Crippen LogP contribution in [-0.2, 0) is 23.7 Å². The SMILES string of the molecule is COC1C(OCC2CO2)CCC2(CO2)C1C1(C)OC1CC=C(C)C. The van der Waals surface area contributed by atoms with E-state index in [1.807, 2.05) is 0 Å². The summed E-state index contributed by atoms with van der Waals surface area (Å²) in [6.45, 7) is 8.81. The molecule has 3 heterocycles. The third kappa shape index (κ3) is 3.06. The quantitative estimate of drug-likeness (QED) is 0.527. The molecule has 4 fully saturated rings. The van der Waals surface area contributed by atoms with E-state index in [-0.39, 0.29) is 41.5 Å². The summed E-state index contributed by atoms with van der Waals surface area (Å²) in [6, 6.07) is 0. The molecule has 0 aromatic rings. The van der Waals surface area contributed by atoms with Gasteiger partial charge in [-0.3, -0.25) is 0 Å². The van der Waals surface area contributed by atoms with Gasteiger partial charge in [0.2, 0.25) is 0 Å². The van der Waals surface area contributed by atoms with E-state index >= 15 is 0 Å². The summed E-state index contributed by atoms with van der Waals surface area (Å²) >= 11 is 0. The van der Waals surface area contributed by atoms with Crippen molar-refractivity contribution in [3.8, 4) is 0 Å². The van der Waals surface area contributed by atoms with Crippen molar-refractivity contribution in [2.24, 2.45) is 5.92 Å². The molecular weight excluding hydrogens is 308 g/mol. The highest BCUT2D eigenvalue weighted by atomic mass is 16.6. The van der Waals surface area contributed by atoms with Crippen LogP contribution in [0.1, 0.15) is 40.0 Å². The molecule has 5 nitrogen and oxygen atoms in total. The van der Waals surface area contributed by atoms with Crippen molar-refractivity contribution in [2.75, 3.05) is 26.9 Å². The van der Waals surface area contributed by atoms with Gasteiger partial charge in [-0.1, -0.05) is 11.6 Å². The van der Waals surface area contributed by atoms with Crippen LogP contribution < -0.4 is 0 Å². The maximum absolute atomic E-state index is 6.20. The molecule has 0 N–H and O–H groups in total. The first-order valence-electron chi connectivity index (χ1n) is 9.20. The fourth-order valence-electron chi connectivity index (χ4n) is 4.52. The first-order valence-corrected chi connectivity index (χ1v) is 9.20. The maximum atomic E-state index is 6.20. The molecule has 0 aromatic heterocycles. The van der Waals surface area contributed by atoms with Gasteiger partial charge in [-0.2, -0.15) is 0 Å². The molecule has 24 heavy (non-hydrogen) atoms. The maximum Gasteiger partial charge on any atom is 0.104 e. The summed E-state index contributed by atoms with van der Waals surface area (Å²) in [5, 5.41) is 0. The van der Waals surface area contributed by atoms with Gasteiger partial charge in [-0.15, -0.1) is 0 Å². The standard InChI is InChI=1S/C19H30O5/c1-12(2)5-6-15-18(3,24-15)17-16(20-4)14(22-10-13-9-21-13)7-8-19(17)11-23-19/h5,13-17H,6-11H2,1-4H3. The van der Waals surface area contributed by atoms with Crippen LogP contribution in [0.25, 0.3) is 0 Å². The number of epoxide rings is 3. The van der Waals surface area contributed by atoms with Crippen molar-refractivity contribution in [3.05, 3.63) is 11.6 Å². The molecule has 1 saturated carbocycles. The minimum atomic E-state index is -0.179. The van der Waals surface area contributed by atoms with Gasteiger partial charge in [-0.25, -0.2) is 0 Å². The highest BCUT2D eigenvalue weighted by molar-refractivity contribution is 5.20. The summed E-state index contributed by atoms with van der Waals surface area (Å²) in [5.74, 6) is 0.226. The van der Waals surface area contributed by atoms with Crippen molar-refractivity contribution in [1.82, 2.24) is 0 Å². The van der Waals surface area contributed by atoms with Crippen LogP contribution in [0.4, 0.5) is 0 Å². The molecule has 3 aliphatic heterocycles. The van der Waals surface area contributed by atoms with E-state index in [4.69, 9.17) is 23.7 Å². The minimum absolute atomic E-state index is 0.0155. The zero-order chi connectivity index (χ0) is 16.9. The Kier molecular flexibility index (Phi) is 4.29. The van der Waals surface area contributed by atoms with E-state index in [2.05, 4.69) is 26.8 Å². The fourth-order valence-corrected chi connectivity index (χ4v) is 4.52. The Morgan fingerprint density at radius 1 is 1.33 bits per heavy atom. The molecule has 136 valence electrons. The Balaban J connectivity index is 1.48. The van der Waals surface area contributed by atoms with E-state index in [0.29, 0.717) is 6.61 Å². The van der Waals surface area contributed by atoms with Crippen molar-refractivity contribution in [1.29, 1.82) is 0 Å². The van der Waals surface area contributed by atoms with Crippen LogP contribution in [0.2, 0.25) is 0 Å². The number of methoxy groups -OCH3 is 1. The molecule has 1 spiro atoms. The molecular formula is C19H30O5. The van der Waals surface area contributed by atoms with Crippen molar-refractivity contribution >= 4 is 0 Å². The van der Waals surface area contributed by atoms with Crippen LogP contribution in [-0.4, -0.2) is 62.5 Å². The second-order valence-electron chi connectivity index (χ2n) is 8.20. The van der Waals surface area contributed by atoms with Crippen molar-refractivity contribution in [2.45, 2.75) is 75.7 Å². The lowest BCUT2D eigenvalue weighted by Crippen LogP contribution is -2.55. The number of allylic oxidation sites excluding steroid dienone is 1. The Bertz CT molecular complexity index is 504. The molecule has 0 bridgehead atoms. The molecule has 0 radical (unpaired) electrons. The summed E-state index contributed by atoms with van der Waals surface area (Å²) in [5.41, 5.74) is 1.09. The first kappa shape index (κ1) is 17.0. The lowest BCUT2D eigenvalue weighted by atomic mass is 9.68. The first-order chi connectivity index (χ1) is 11.5. The normalized spacial score (nSPS) is 49.1. The molecule has 0 aromatic carbocycles. The van der Waals surface area contributed by atoms with E-state index in [0.717, 1.165) is 32.5 Å². The smallest absolute Gasteiger partial charge is 0.104 e. The number of ether oxygens (including phenoxy) is 5. The van der Waals surface area contributed by atoms with Gasteiger partial charge in [0, 0.05) is 7.11 Å². The number of hydrogen-bond donors (Lipinski definition) is 0. The third-order valence-corrected chi connectivity index (χ3v) is 6.14. The lowest BCUT2D eigenvalue weighted by Gasteiger charge is -2.43. The van der Waals surface area contributed by atoms with Gasteiger partial charge >= 0.3 is 0 Å². The van der Waals surface area contributed by atoms with Crippen LogP contribution in [0, 0.1) is 5.92 Å². The molecule has 1 aliphatic carbocycles. The van der Waals surface area contributed by atoms with Gasteiger partial charge in [0.15, 0.2) is 0 Å². The Morgan fingerprint density at radius 2 is 2.08 bits per heavy atom. The predicted molar refractivity (Wildman–Crippen MR) is 89.0 cm³/mol. The summed E-state index contributed by atoms with van der Waals surface area (Å²) in [4.78, 5) is 0. The van der Waals surface area contributed by atoms with Gasteiger partial charge < -0.3 is 23.7 Å². The van der Waals surface area contributed by atoms with E-state index < -0.39 is 0 Å². The highest BCUT2D eigenvalue weighted by Gasteiger charge is 2.71. The van der Waals surface area contributed by atoms with Crippen molar-refractivity contribution in [3.63, 3.8) is 0 Å². The number of hydrogen-bond acceptors (Lipinski definition) is 5. The molecule has 4 aliphatic rings. The van der Waals surface area contributed by atoms with Gasteiger partial charge in [-0.05, 0) is 40.0 Å². The Hall–Kier alpha value is -0.460. The monoisotopic (exact) mass is 338 g/mol. The Labute approximate surface area is 144 Å². The molecule has 7 unspecified atom stereocenters.